The highest BCUT2D eigenvalue weighted by atomic mass is 16.5. The van der Waals surface area contributed by atoms with Gasteiger partial charge in [0.15, 0.2) is 23.4 Å². The van der Waals surface area contributed by atoms with Crippen LogP contribution in [0.5, 0.6) is 34.5 Å². The first-order chi connectivity index (χ1) is 11.4. The molecule has 24 heavy (non-hydrogen) atoms. The highest BCUT2D eigenvalue weighted by Crippen LogP contribution is 2.45. The molecule has 2 unspecified atom stereocenters. The number of hydrogen-bond donors (Lipinski definition) is 4. The van der Waals surface area contributed by atoms with Crippen molar-refractivity contribution in [2.24, 2.45) is 0 Å². The van der Waals surface area contributed by atoms with Crippen LogP contribution in [-0.4, -0.2) is 40.7 Å². The summed E-state index contributed by atoms with van der Waals surface area (Å²) in [4.78, 5) is 0. The van der Waals surface area contributed by atoms with Crippen molar-refractivity contribution in [2.75, 3.05) is 14.2 Å². The normalized spacial score (nSPS) is 19.3. The summed E-state index contributed by atoms with van der Waals surface area (Å²) in [7, 11) is 3.04. The Bertz CT molecular complexity index is 749. The largest absolute Gasteiger partial charge is 0.504 e. The summed E-state index contributed by atoms with van der Waals surface area (Å²) in [5.74, 6) is -0.0404. The van der Waals surface area contributed by atoms with Crippen molar-refractivity contribution >= 4 is 0 Å². The van der Waals surface area contributed by atoms with E-state index in [0.717, 1.165) is 0 Å². The number of hydrogen-bond acceptors (Lipinski definition) is 7. The number of phenols is 3. The summed E-state index contributed by atoms with van der Waals surface area (Å²) in [5.41, 5.74) is 1.04. The Kier molecular flexibility index (Phi) is 4.02. The molecule has 7 nitrogen and oxygen atoms in total. The third-order valence-electron chi connectivity index (χ3n) is 4.03. The molecule has 0 amide bonds. The fourth-order valence-electron chi connectivity index (χ4n) is 2.81. The van der Waals surface area contributed by atoms with Crippen LogP contribution in [0.4, 0.5) is 0 Å². The molecule has 1 heterocycles. The van der Waals surface area contributed by atoms with Gasteiger partial charge < -0.3 is 34.6 Å². The second-order valence-electron chi connectivity index (χ2n) is 5.52. The Morgan fingerprint density at radius 1 is 1.00 bits per heavy atom. The van der Waals surface area contributed by atoms with E-state index in [9.17, 15) is 20.4 Å². The summed E-state index contributed by atoms with van der Waals surface area (Å²) in [5, 5.41) is 39.2. The van der Waals surface area contributed by atoms with Crippen LogP contribution in [0.25, 0.3) is 0 Å². The van der Waals surface area contributed by atoms with Crippen LogP contribution in [-0.2, 0) is 6.42 Å². The molecule has 1 aliphatic heterocycles. The summed E-state index contributed by atoms with van der Waals surface area (Å²) in [6.45, 7) is 0. The van der Waals surface area contributed by atoms with Gasteiger partial charge in [-0.25, -0.2) is 0 Å². The predicted molar refractivity (Wildman–Crippen MR) is 84.1 cm³/mol. The molecule has 0 spiro atoms. The molecule has 3 rings (SSSR count). The highest BCUT2D eigenvalue weighted by molar-refractivity contribution is 5.55. The molecule has 0 aromatic heterocycles. The van der Waals surface area contributed by atoms with E-state index in [-0.39, 0.29) is 6.42 Å². The fraction of sp³-hybridized carbons (Fsp3) is 0.294. The van der Waals surface area contributed by atoms with Gasteiger partial charge in [-0.05, 0) is 12.1 Å². The minimum atomic E-state index is -0.928. The molecule has 0 saturated carbocycles. The van der Waals surface area contributed by atoms with Crippen molar-refractivity contribution in [1.82, 2.24) is 0 Å². The fourth-order valence-corrected chi connectivity index (χ4v) is 2.81. The van der Waals surface area contributed by atoms with Gasteiger partial charge in [-0.1, -0.05) is 0 Å². The third kappa shape index (κ3) is 2.63. The van der Waals surface area contributed by atoms with E-state index in [1.54, 1.807) is 12.1 Å². The van der Waals surface area contributed by atoms with Crippen molar-refractivity contribution in [3.05, 3.63) is 35.4 Å². The molecule has 2 atom stereocenters. The van der Waals surface area contributed by atoms with E-state index in [2.05, 4.69) is 0 Å². The van der Waals surface area contributed by atoms with Crippen molar-refractivity contribution in [1.29, 1.82) is 0 Å². The first kappa shape index (κ1) is 16.1. The van der Waals surface area contributed by atoms with Gasteiger partial charge in [0, 0.05) is 29.7 Å². The lowest BCUT2D eigenvalue weighted by molar-refractivity contribution is 0.0195. The van der Waals surface area contributed by atoms with Crippen molar-refractivity contribution in [3.63, 3.8) is 0 Å². The first-order valence-corrected chi connectivity index (χ1v) is 7.29. The number of aliphatic hydroxyl groups excluding tert-OH is 1. The summed E-state index contributed by atoms with van der Waals surface area (Å²) >= 11 is 0. The summed E-state index contributed by atoms with van der Waals surface area (Å²) in [6.07, 6.45) is -1.50. The molecule has 0 radical (unpaired) electrons. The van der Waals surface area contributed by atoms with Crippen LogP contribution in [0.15, 0.2) is 24.3 Å². The Labute approximate surface area is 138 Å². The molecule has 0 aliphatic carbocycles. The van der Waals surface area contributed by atoms with Crippen molar-refractivity contribution in [2.45, 2.75) is 18.6 Å². The average Bonchev–Trinajstić information content (AvgIpc) is 2.57. The zero-order chi connectivity index (χ0) is 17.4. The zero-order valence-corrected chi connectivity index (χ0v) is 13.2. The lowest BCUT2D eigenvalue weighted by Gasteiger charge is -2.32. The Hall–Kier alpha value is -2.80. The molecule has 128 valence electrons. The van der Waals surface area contributed by atoms with Crippen LogP contribution in [0.3, 0.4) is 0 Å². The Morgan fingerprint density at radius 3 is 2.25 bits per heavy atom. The minimum absolute atomic E-state index is 0.259. The number of phenolic OH excluding ortho intramolecular Hbond substituents is 3. The Morgan fingerprint density at radius 2 is 1.67 bits per heavy atom. The van der Waals surface area contributed by atoms with E-state index in [1.807, 2.05) is 0 Å². The van der Waals surface area contributed by atoms with Crippen LogP contribution < -0.4 is 14.2 Å². The van der Waals surface area contributed by atoms with Gasteiger partial charge in [-0.2, -0.15) is 0 Å². The number of benzene rings is 2. The zero-order valence-electron chi connectivity index (χ0n) is 13.2. The standard InChI is InChI=1S/C17H18O7/c1-22-9-5-14(23-2)10-7-13(20)17(24-15(10)6-9)8-3-11(18)16(21)12(19)4-8/h3-6,13,17-21H,7H2,1-2H3. The Balaban J connectivity index is 2.03. The maximum atomic E-state index is 10.4. The topological polar surface area (TPSA) is 109 Å². The monoisotopic (exact) mass is 334 g/mol. The van der Waals surface area contributed by atoms with Crippen LogP contribution in [0.1, 0.15) is 17.2 Å². The smallest absolute Gasteiger partial charge is 0.200 e. The van der Waals surface area contributed by atoms with Crippen LogP contribution in [0.2, 0.25) is 0 Å². The van der Waals surface area contributed by atoms with Gasteiger partial charge in [0.25, 0.3) is 0 Å². The molecule has 1 aliphatic rings. The van der Waals surface area contributed by atoms with Gasteiger partial charge in [-0.3, -0.25) is 0 Å². The van der Waals surface area contributed by atoms with Crippen LogP contribution in [0, 0.1) is 0 Å². The maximum Gasteiger partial charge on any atom is 0.200 e. The molecule has 7 heteroatoms. The maximum absolute atomic E-state index is 10.4. The van der Waals surface area contributed by atoms with Crippen LogP contribution >= 0.6 is 0 Å². The summed E-state index contributed by atoms with van der Waals surface area (Å²) in [6, 6.07) is 5.86. The lowest BCUT2D eigenvalue weighted by Crippen LogP contribution is -2.30. The molecule has 0 bridgehead atoms. The number of rotatable bonds is 3. The lowest BCUT2D eigenvalue weighted by atomic mass is 9.93. The molecular weight excluding hydrogens is 316 g/mol. The number of fused-ring (bicyclic) bond motifs is 1. The second kappa shape index (κ2) is 6.01. The van der Waals surface area contributed by atoms with E-state index in [4.69, 9.17) is 14.2 Å². The number of methoxy groups -OCH3 is 2. The van der Waals surface area contributed by atoms with E-state index < -0.39 is 29.5 Å². The molecule has 0 saturated heterocycles. The molecule has 4 N–H and O–H groups in total. The van der Waals surface area contributed by atoms with Crippen molar-refractivity contribution in [3.8, 4) is 34.5 Å². The van der Waals surface area contributed by atoms with Gasteiger partial charge >= 0.3 is 0 Å². The SMILES string of the molecule is COc1cc(OC)c2c(c1)OC(c1cc(O)c(O)c(O)c1)C(O)C2. The van der Waals surface area contributed by atoms with Gasteiger partial charge in [0.1, 0.15) is 17.2 Å². The highest BCUT2D eigenvalue weighted by Gasteiger charge is 2.33. The molecule has 2 aromatic rings. The van der Waals surface area contributed by atoms with Gasteiger partial charge in [0.05, 0.1) is 20.3 Å². The summed E-state index contributed by atoms with van der Waals surface area (Å²) < 4.78 is 16.4. The van der Waals surface area contributed by atoms with Gasteiger partial charge in [0.2, 0.25) is 0 Å². The van der Waals surface area contributed by atoms with Gasteiger partial charge in [-0.15, -0.1) is 0 Å². The number of ether oxygens (including phenoxy) is 3. The first-order valence-electron chi connectivity index (χ1n) is 7.29. The van der Waals surface area contributed by atoms with E-state index in [1.165, 1.54) is 26.4 Å². The second-order valence-corrected chi connectivity index (χ2v) is 5.52. The average molecular weight is 334 g/mol. The number of aliphatic hydroxyl groups is 1. The molecular formula is C17H18O7. The third-order valence-corrected chi connectivity index (χ3v) is 4.03. The number of aromatic hydroxyl groups is 3. The molecule has 0 fully saturated rings. The minimum Gasteiger partial charge on any atom is -0.504 e. The van der Waals surface area contributed by atoms with E-state index in [0.29, 0.717) is 28.4 Å². The van der Waals surface area contributed by atoms with E-state index >= 15 is 0 Å². The quantitative estimate of drug-likeness (QED) is 0.634. The predicted octanol–water partition coefficient (Wildman–Crippen LogP) is 1.86. The van der Waals surface area contributed by atoms with Crippen molar-refractivity contribution < 1.29 is 34.6 Å². The molecule has 2 aromatic carbocycles.